The molecule has 2 aromatic carbocycles. The van der Waals surface area contributed by atoms with Gasteiger partial charge in [0.1, 0.15) is 12.5 Å². The lowest BCUT2D eigenvalue weighted by atomic mass is 10.1. The van der Waals surface area contributed by atoms with Crippen molar-refractivity contribution >= 4 is 29.1 Å². The predicted octanol–water partition coefficient (Wildman–Crippen LogP) is 2.01. The highest BCUT2D eigenvalue weighted by Gasteiger charge is 2.37. The minimum absolute atomic E-state index is 0.211. The van der Waals surface area contributed by atoms with Crippen molar-refractivity contribution in [3.8, 4) is 0 Å². The van der Waals surface area contributed by atoms with Crippen LogP contribution >= 0.6 is 0 Å². The maximum Gasteiger partial charge on any atom is 0.263 e. The number of nitrogen functional groups attached to an aromatic ring is 1. The Kier molecular flexibility index (Phi) is 3.76. The molecule has 1 heterocycles. The largest absolute Gasteiger partial charge is 0.399 e. The topological polar surface area (TPSA) is 83.7 Å². The van der Waals surface area contributed by atoms with Crippen molar-refractivity contribution in [1.29, 1.82) is 0 Å². The first-order valence-corrected chi connectivity index (χ1v) is 7.18. The van der Waals surface area contributed by atoms with Gasteiger partial charge in [-0.2, -0.15) is 0 Å². The molecule has 0 atom stereocenters. The van der Waals surface area contributed by atoms with Crippen LogP contribution in [-0.4, -0.2) is 29.3 Å². The summed E-state index contributed by atoms with van der Waals surface area (Å²) in [5, 5.41) is 0. The summed E-state index contributed by atoms with van der Waals surface area (Å²) in [5.41, 5.74) is 6.88. The molecule has 0 fully saturated rings. The van der Waals surface area contributed by atoms with Gasteiger partial charge in [0.15, 0.2) is 0 Å². The number of nitrogens with zero attached hydrogens (tertiary/aromatic N) is 2. The third-order valence-corrected chi connectivity index (χ3v) is 3.80. The highest BCUT2D eigenvalue weighted by molar-refractivity contribution is 6.22. The van der Waals surface area contributed by atoms with E-state index in [-0.39, 0.29) is 23.7 Å². The van der Waals surface area contributed by atoms with Gasteiger partial charge in [-0.15, -0.1) is 0 Å². The third-order valence-electron chi connectivity index (χ3n) is 3.80. The molecule has 0 aliphatic carbocycles. The number of rotatable bonds is 3. The molecule has 0 saturated carbocycles. The number of imide groups is 1. The van der Waals surface area contributed by atoms with Crippen LogP contribution < -0.4 is 10.6 Å². The fourth-order valence-electron chi connectivity index (χ4n) is 2.56. The lowest BCUT2D eigenvalue weighted by Crippen LogP contribution is -2.43. The number of hydrogen-bond acceptors (Lipinski definition) is 4. The zero-order chi connectivity index (χ0) is 17.4. The number of nitrogens with two attached hydrogens (primary N) is 1. The van der Waals surface area contributed by atoms with E-state index in [0.717, 1.165) is 4.90 Å². The molecule has 0 saturated heterocycles. The van der Waals surface area contributed by atoms with Gasteiger partial charge in [-0.1, -0.05) is 0 Å². The maximum absolute atomic E-state index is 13.1. The first-order chi connectivity index (χ1) is 11.4. The van der Waals surface area contributed by atoms with E-state index in [4.69, 9.17) is 5.73 Å². The van der Waals surface area contributed by atoms with Crippen molar-refractivity contribution in [2.24, 2.45) is 0 Å². The summed E-state index contributed by atoms with van der Waals surface area (Å²) in [4.78, 5) is 39.0. The number of anilines is 2. The quantitative estimate of drug-likeness (QED) is 0.690. The Morgan fingerprint density at radius 2 is 1.71 bits per heavy atom. The number of halogens is 1. The van der Waals surface area contributed by atoms with Crippen LogP contribution in [0.25, 0.3) is 0 Å². The number of carbonyl (C=O) groups is 3. The van der Waals surface area contributed by atoms with Crippen LogP contribution in [0.4, 0.5) is 15.8 Å². The van der Waals surface area contributed by atoms with Crippen molar-refractivity contribution in [3.63, 3.8) is 0 Å². The van der Waals surface area contributed by atoms with E-state index in [1.807, 2.05) is 0 Å². The average Bonchev–Trinajstić information content (AvgIpc) is 2.77. The molecule has 2 aromatic rings. The minimum atomic E-state index is -0.518. The Bertz CT molecular complexity index is 849. The average molecular weight is 327 g/mol. The Morgan fingerprint density at radius 1 is 1.08 bits per heavy atom. The summed E-state index contributed by atoms with van der Waals surface area (Å²) in [6, 6.07) is 9.69. The molecule has 0 radical (unpaired) electrons. The molecule has 1 aliphatic rings. The SMILES string of the molecule is CC(=O)N(CN1C(=O)c2ccc(N)cc2C1=O)c1ccc(F)cc1. The normalized spacial score (nSPS) is 13.2. The molecule has 1 aliphatic heterocycles. The first kappa shape index (κ1) is 15.7. The van der Waals surface area contributed by atoms with Crippen LogP contribution in [0.15, 0.2) is 42.5 Å². The van der Waals surface area contributed by atoms with E-state index in [0.29, 0.717) is 11.4 Å². The standard InChI is InChI=1S/C17H14FN3O3/c1-10(22)20(13-5-2-11(18)3-6-13)9-21-16(23)14-7-4-12(19)8-15(14)17(21)24/h2-8H,9,19H2,1H3. The zero-order valence-corrected chi connectivity index (χ0v) is 12.8. The number of fused-ring (bicyclic) bond motifs is 1. The van der Waals surface area contributed by atoms with E-state index in [1.165, 1.54) is 54.3 Å². The molecule has 3 amide bonds. The maximum atomic E-state index is 13.1. The van der Waals surface area contributed by atoms with E-state index in [2.05, 4.69) is 0 Å². The summed E-state index contributed by atoms with van der Waals surface area (Å²) in [7, 11) is 0. The van der Waals surface area contributed by atoms with Crippen molar-refractivity contribution in [1.82, 2.24) is 4.90 Å². The predicted molar refractivity (Wildman–Crippen MR) is 85.8 cm³/mol. The molecule has 3 rings (SSSR count). The zero-order valence-electron chi connectivity index (χ0n) is 12.8. The van der Waals surface area contributed by atoms with Crippen LogP contribution in [0.1, 0.15) is 27.6 Å². The summed E-state index contributed by atoms with van der Waals surface area (Å²) >= 11 is 0. The Balaban J connectivity index is 1.92. The number of amides is 3. The molecular formula is C17H14FN3O3. The van der Waals surface area contributed by atoms with E-state index in [9.17, 15) is 18.8 Å². The fraction of sp³-hybridized carbons (Fsp3) is 0.118. The lowest BCUT2D eigenvalue weighted by molar-refractivity contribution is -0.116. The molecule has 2 N–H and O–H groups in total. The highest BCUT2D eigenvalue weighted by Crippen LogP contribution is 2.26. The lowest BCUT2D eigenvalue weighted by Gasteiger charge is -2.25. The minimum Gasteiger partial charge on any atom is -0.399 e. The monoisotopic (exact) mass is 327 g/mol. The molecule has 0 aromatic heterocycles. The van der Waals surface area contributed by atoms with Gasteiger partial charge in [0, 0.05) is 18.3 Å². The van der Waals surface area contributed by atoms with Crippen LogP contribution in [-0.2, 0) is 4.79 Å². The molecule has 0 unspecified atom stereocenters. The Labute approximate surface area is 137 Å². The van der Waals surface area contributed by atoms with Gasteiger partial charge in [-0.05, 0) is 42.5 Å². The second-order valence-corrected chi connectivity index (χ2v) is 5.41. The van der Waals surface area contributed by atoms with Crippen LogP contribution in [0.5, 0.6) is 0 Å². The highest BCUT2D eigenvalue weighted by atomic mass is 19.1. The molecular weight excluding hydrogens is 313 g/mol. The van der Waals surface area contributed by atoms with Crippen molar-refractivity contribution < 1.29 is 18.8 Å². The summed E-state index contributed by atoms with van der Waals surface area (Å²) in [5.74, 6) is -1.84. The van der Waals surface area contributed by atoms with Gasteiger partial charge in [-0.3, -0.25) is 24.2 Å². The first-order valence-electron chi connectivity index (χ1n) is 7.18. The fourth-order valence-corrected chi connectivity index (χ4v) is 2.56. The van der Waals surface area contributed by atoms with Gasteiger partial charge < -0.3 is 5.73 Å². The van der Waals surface area contributed by atoms with Crippen molar-refractivity contribution in [2.45, 2.75) is 6.92 Å². The van der Waals surface area contributed by atoms with Gasteiger partial charge in [0.2, 0.25) is 5.91 Å². The second-order valence-electron chi connectivity index (χ2n) is 5.41. The van der Waals surface area contributed by atoms with Crippen molar-refractivity contribution in [2.75, 3.05) is 17.3 Å². The molecule has 0 spiro atoms. The van der Waals surface area contributed by atoms with Gasteiger partial charge >= 0.3 is 0 Å². The summed E-state index contributed by atoms with van der Waals surface area (Å²) in [6.45, 7) is 1.05. The molecule has 24 heavy (non-hydrogen) atoms. The summed E-state index contributed by atoms with van der Waals surface area (Å²) < 4.78 is 13.1. The van der Waals surface area contributed by atoms with E-state index >= 15 is 0 Å². The Morgan fingerprint density at radius 3 is 2.33 bits per heavy atom. The number of benzene rings is 2. The van der Waals surface area contributed by atoms with Crippen LogP contribution in [0.3, 0.4) is 0 Å². The van der Waals surface area contributed by atoms with Gasteiger partial charge in [0.05, 0.1) is 11.1 Å². The van der Waals surface area contributed by atoms with Crippen LogP contribution in [0, 0.1) is 5.82 Å². The van der Waals surface area contributed by atoms with E-state index in [1.54, 1.807) is 0 Å². The van der Waals surface area contributed by atoms with E-state index < -0.39 is 17.6 Å². The molecule has 0 bridgehead atoms. The van der Waals surface area contributed by atoms with Gasteiger partial charge in [-0.25, -0.2) is 4.39 Å². The smallest absolute Gasteiger partial charge is 0.263 e. The van der Waals surface area contributed by atoms with Crippen molar-refractivity contribution in [3.05, 3.63) is 59.4 Å². The van der Waals surface area contributed by atoms with Crippen LogP contribution in [0.2, 0.25) is 0 Å². The molecule has 6 nitrogen and oxygen atoms in total. The molecule has 122 valence electrons. The second kappa shape index (κ2) is 5.77. The third kappa shape index (κ3) is 2.60. The van der Waals surface area contributed by atoms with Gasteiger partial charge in [0.25, 0.3) is 11.8 Å². The number of carbonyl (C=O) groups excluding carboxylic acids is 3. The summed E-state index contributed by atoms with van der Waals surface area (Å²) in [6.07, 6.45) is 0. The Hall–Kier alpha value is -3.22. The number of hydrogen-bond donors (Lipinski definition) is 1. The molecule has 7 heteroatoms.